The molecule has 0 saturated heterocycles. The van der Waals surface area contributed by atoms with Gasteiger partial charge in [0.1, 0.15) is 22.6 Å². The summed E-state index contributed by atoms with van der Waals surface area (Å²) < 4.78 is 5.76. The first-order valence-corrected chi connectivity index (χ1v) is 12.8. The van der Waals surface area contributed by atoms with Crippen molar-refractivity contribution in [3.8, 4) is 17.0 Å². The minimum Gasteiger partial charge on any atom is -0.457 e. The molecule has 0 bridgehead atoms. The molecule has 0 aliphatic rings. The molecule has 0 radical (unpaired) electrons. The van der Waals surface area contributed by atoms with Crippen LogP contribution >= 0.6 is 47.0 Å². The van der Waals surface area contributed by atoms with Crippen molar-refractivity contribution in [3.63, 3.8) is 0 Å². The molecule has 2 heterocycles. The molecule has 2 aromatic heterocycles. The second-order valence-corrected chi connectivity index (χ2v) is 9.89. The molecule has 0 aliphatic heterocycles. The Morgan fingerprint density at radius 3 is 2.55 bits per heavy atom. The van der Waals surface area contributed by atoms with Crippen LogP contribution in [-0.4, -0.2) is 26.0 Å². The van der Waals surface area contributed by atoms with E-state index in [1.54, 1.807) is 42.5 Å². The lowest BCUT2D eigenvalue weighted by molar-refractivity contribution is -0.115. The van der Waals surface area contributed by atoms with Crippen LogP contribution in [0.15, 0.2) is 77.2 Å². The monoisotopic (exact) mass is 581 g/mol. The van der Waals surface area contributed by atoms with E-state index in [0.717, 1.165) is 11.3 Å². The number of amides is 1. The first kappa shape index (κ1) is 25.9. The van der Waals surface area contributed by atoms with E-state index >= 15 is 0 Å². The highest BCUT2D eigenvalue weighted by Gasteiger charge is 2.10. The highest BCUT2D eigenvalue weighted by Crippen LogP contribution is 2.31. The minimum atomic E-state index is -0.423. The summed E-state index contributed by atoms with van der Waals surface area (Å²) in [7, 11) is 0. The molecule has 7 nitrogen and oxygen atoms in total. The molecular formula is C27H18Cl3N5O2S. The van der Waals surface area contributed by atoms with Gasteiger partial charge >= 0.3 is 0 Å². The molecule has 5 rings (SSSR count). The van der Waals surface area contributed by atoms with Crippen LogP contribution in [0.4, 0.5) is 5.69 Å². The number of aryl methyl sites for hydroxylation is 1. The van der Waals surface area contributed by atoms with Gasteiger partial charge in [0.05, 0.1) is 10.7 Å². The Morgan fingerprint density at radius 1 is 0.947 bits per heavy atom. The van der Waals surface area contributed by atoms with E-state index in [2.05, 4.69) is 20.8 Å². The Morgan fingerprint density at radius 2 is 1.76 bits per heavy atom. The van der Waals surface area contributed by atoms with E-state index in [-0.39, 0.29) is 5.11 Å². The molecule has 3 aromatic carbocycles. The summed E-state index contributed by atoms with van der Waals surface area (Å²) in [4.78, 5) is 13.9. The Bertz CT molecular complexity index is 1730. The van der Waals surface area contributed by atoms with Crippen LogP contribution in [0.25, 0.3) is 34.1 Å². The topological polar surface area (TPSA) is 85.0 Å². The first-order chi connectivity index (χ1) is 18.2. The Labute approximate surface area is 238 Å². The van der Waals surface area contributed by atoms with E-state index in [0.29, 0.717) is 48.9 Å². The number of hydrogen-bond donors (Lipinski definition) is 2. The second-order valence-electron chi connectivity index (χ2n) is 8.23. The number of benzene rings is 3. The molecule has 1 amide bonds. The summed E-state index contributed by atoms with van der Waals surface area (Å²) in [5.41, 5.74) is 4.42. The van der Waals surface area contributed by atoms with Crippen LogP contribution in [0.3, 0.4) is 0 Å². The Kier molecular flexibility index (Phi) is 7.49. The molecule has 0 unspecified atom stereocenters. The maximum absolute atomic E-state index is 12.4. The SMILES string of the molecule is Cc1ccc(-n2nc3ccc(NC(=S)NC(=O)/C=C/c4ccc(-c5ccc(Cl)cc5Cl)o4)cc3n2)cc1Cl. The summed E-state index contributed by atoms with van der Waals surface area (Å²) in [6.07, 6.45) is 2.86. The average molecular weight is 583 g/mol. The summed E-state index contributed by atoms with van der Waals surface area (Å²) >= 11 is 23.7. The molecule has 11 heteroatoms. The number of nitrogens with one attached hydrogen (secondary N) is 2. The number of furan rings is 1. The lowest BCUT2D eigenvalue weighted by atomic mass is 10.2. The Hall–Kier alpha value is -3.69. The molecule has 0 fully saturated rings. The van der Waals surface area contributed by atoms with Crippen LogP contribution in [0.1, 0.15) is 11.3 Å². The average Bonchev–Trinajstić information content (AvgIpc) is 3.51. The zero-order chi connectivity index (χ0) is 26.8. The van der Waals surface area contributed by atoms with Gasteiger partial charge in [0.25, 0.3) is 0 Å². The van der Waals surface area contributed by atoms with E-state index in [4.69, 9.17) is 51.4 Å². The van der Waals surface area contributed by atoms with Crippen molar-refractivity contribution in [1.29, 1.82) is 0 Å². The van der Waals surface area contributed by atoms with Gasteiger partial charge in [0, 0.05) is 27.4 Å². The van der Waals surface area contributed by atoms with Crippen LogP contribution in [0, 0.1) is 6.92 Å². The normalized spacial score (nSPS) is 11.3. The third kappa shape index (κ3) is 5.89. The van der Waals surface area contributed by atoms with Crippen molar-refractivity contribution in [3.05, 3.63) is 99.2 Å². The molecule has 0 spiro atoms. The van der Waals surface area contributed by atoms with Gasteiger partial charge in [0.15, 0.2) is 5.11 Å². The van der Waals surface area contributed by atoms with Gasteiger partial charge < -0.3 is 9.73 Å². The van der Waals surface area contributed by atoms with Crippen molar-refractivity contribution < 1.29 is 9.21 Å². The van der Waals surface area contributed by atoms with Crippen molar-refractivity contribution in [1.82, 2.24) is 20.3 Å². The van der Waals surface area contributed by atoms with Crippen molar-refractivity contribution in [2.24, 2.45) is 0 Å². The maximum atomic E-state index is 12.4. The molecule has 2 N–H and O–H groups in total. The standard InChI is InChI=1S/C27H18Cl3N5O2S/c1-15-2-5-18(14-21(15)29)35-33-23-9-4-17(13-24(23)34-35)31-27(38)32-26(36)11-7-19-6-10-25(37-19)20-8-3-16(28)12-22(20)30/h2-14H,1H3,(H2,31,32,36,38)/b11-7+. The fourth-order valence-corrected chi connectivity index (χ4v) is 4.46. The minimum absolute atomic E-state index is 0.129. The predicted octanol–water partition coefficient (Wildman–Crippen LogP) is 7.48. The quantitative estimate of drug-likeness (QED) is 0.165. The van der Waals surface area contributed by atoms with Gasteiger partial charge in [0.2, 0.25) is 5.91 Å². The van der Waals surface area contributed by atoms with Crippen LogP contribution in [0.5, 0.6) is 0 Å². The Balaban J connectivity index is 1.21. The zero-order valence-electron chi connectivity index (χ0n) is 19.7. The third-order valence-corrected chi connectivity index (χ3v) is 6.64. The van der Waals surface area contributed by atoms with Gasteiger partial charge in [-0.3, -0.25) is 10.1 Å². The highest BCUT2D eigenvalue weighted by molar-refractivity contribution is 7.80. The van der Waals surface area contributed by atoms with Crippen molar-refractivity contribution in [2.75, 3.05) is 5.32 Å². The lowest BCUT2D eigenvalue weighted by Crippen LogP contribution is -2.32. The number of anilines is 1. The summed E-state index contributed by atoms with van der Waals surface area (Å²) in [6.45, 7) is 1.93. The summed E-state index contributed by atoms with van der Waals surface area (Å²) in [5, 5.41) is 16.4. The maximum Gasteiger partial charge on any atom is 0.250 e. The van der Waals surface area contributed by atoms with Gasteiger partial charge in [-0.2, -0.15) is 4.80 Å². The number of hydrogen-bond acceptors (Lipinski definition) is 5. The van der Waals surface area contributed by atoms with Crippen molar-refractivity contribution >= 4 is 80.8 Å². The van der Waals surface area contributed by atoms with E-state index in [1.165, 1.54) is 16.9 Å². The second kappa shape index (κ2) is 11.0. The summed E-state index contributed by atoms with van der Waals surface area (Å²) in [5.74, 6) is 0.610. The predicted molar refractivity (Wildman–Crippen MR) is 156 cm³/mol. The van der Waals surface area contributed by atoms with Gasteiger partial charge in [-0.1, -0.05) is 40.9 Å². The first-order valence-electron chi connectivity index (χ1n) is 11.2. The van der Waals surface area contributed by atoms with Crippen LogP contribution < -0.4 is 10.6 Å². The largest absolute Gasteiger partial charge is 0.457 e. The molecule has 190 valence electrons. The molecule has 0 saturated carbocycles. The summed E-state index contributed by atoms with van der Waals surface area (Å²) in [6, 6.07) is 19.6. The number of fused-ring (bicyclic) bond motifs is 1. The fraction of sp³-hybridized carbons (Fsp3) is 0.0370. The number of carbonyl (C=O) groups is 1. The fourth-order valence-electron chi connectivity index (χ4n) is 3.56. The number of halogens is 3. The number of rotatable bonds is 5. The smallest absolute Gasteiger partial charge is 0.250 e. The van der Waals surface area contributed by atoms with Crippen LogP contribution in [0.2, 0.25) is 15.1 Å². The third-order valence-electron chi connectivity index (χ3n) is 5.48. The highest BCUT2D eigenvalue weighted by atomic mass is 35.5. The number of nitrogens with zero attached hydrogens (tertiary/aromatic N) is 3. The van der Waals surface area contributed by atoms with Crippen molar-refractivity contribution in [2.45, 2.75) is 6.92 Å². The van der Waals surface area contributed by atoms with E-state index < -0.39 is 5.91 Å². The molecule has 5 aromatic rings. The molecule has 0 aliphatic carbocycles. The van der Waals surface area contributed by atoms with Gasteiger partial charge in [-0.15, -0.1) is 10.2 Å². The van der Waals surface area contributed by atoms with E-state index in [9.17, 15) is 4.79 Å². The van der Waals surface area contributed by atoms with Gasteiger partial charge in [-0.25, -0.2) is 0 Å². The zero-order valence-corrected chi connectivity index (χ0v) is 22.8. The lowest BCUT2D eigenvalue weighted by Gasteiger charge is -2.07. The molecule has 38 heavy (non-hydrogen) atoms. The van der Waals surface area contributed by atoms with Gasteiger partial charge in [-0.05, 0) is 91.4 Å². The number of carbonyl (C=O) groups excluding carboxylic acids is 1. The molecule has 0 atom stereocenters. The van der Waals surface area contributed by atoms with Crippen LogP contribution in [-0.2, 0) is 4.79 Å². The molecular weight excluding hydrogens is 565 g/mol. The number of aromatic nitrogens is 3. The van der Waals surface area contributed by atoms with E-state index in [1.807, 2.05) is 31.2 Å². The number of thiocarbonyl (C=S) groups is 1.